The summed E-state index contributed by atoms with van der Waals surface area (Å²) in [6, 6.07) is 5.07. The van der Waals surface area contributed by atoms with Crippen molar-refractivity contribution in [2.75, 3.05) is 0 Å². The quantitative estimate of drug-likeness (QED) is 0.657. The van der Waals surface area contributed by atoms with E-state index in [1.54, 1.807) is 20.8 Å². The number of rotatable bonds is 4. The van der Waals surface area contributed by atoms with Crippen molar-refractivity contribution >= 4 is 22.0 Å². The molecule has 10 heteroatoms. The van der Waals surface area contributed by atoms with E-state index in [4.69, 9.17) is 9.88 Å². The van der Waals surface area contributed by atoms with Gasteiger partial charge in [-0.15, -0.1) is 0 Å². The fourth-order valence-electron chi connectivity index (χ4n) is 1.46. The summed E-state index contributed by atoms with van der Waals surface area (Å²) in [7, 11) is -4.34. The molecule has 122 valence electrons. The van der Waals surface area contributed by atoms with Crippen molar-refractivity contribution in [2.45, 2.75) is 32.9 Å². The first kappa shape index (κ1) is 17.9. The van der Waals surface area contributed by atoms with Crippen LogP contribution in [0, 0.1) is 10.1 Å². The molecule has 0 aliphatic carbocycles. The van der Waals surface area contributed by atoms with E-state index < -0.39 is 26.8 Å². The molecule has 0 spiro atoms. The number of carbonyl (C=O) groups is 1. The Labute approximate surface area is 128 Å². The normalized spacial score (nSPS) is 11.8. The molecule has 0 aliphatic rings. The lowest BCUT2D eigenvalue weighted by Gasteiger charge is -2.25. The Morgan fingerprint density at radius 2 is 1.82 bits per heavy atom. The summed E-state index contributed by atoms with van der Waals surface area (Å²) in [5.74, 6) is 0. The largest absolute Gasteiger partial charge is 0.443 e. The van der Waals surface area contributed by atoms with Crippen LogP contribution in [0.4, 0.5) is 10.5 Å². The molecule has 0 saturated heterocycles. The summed E-state index contributed by atoms with van der Waals surface area (Å²) in [5.41, 5.74) is -0.691. The van der Waals surface area contributed by atoms with Gasteiger partial charge in [0.15, 0.2) is 0 Å². The number of benzene rings is 1. The number of carbonyl (C=O) groups excluding carboxylic acids is 1. The molecule has 0 radical (unpaired) electrons. The van der Waals surface area contributed by atoms with Gasteiger partial charge in [0.1, 0.15) is 5.60 Å². The molecule has 1 rings (SSSR count). The standard InChI is InChI=1S/C12H17N3O6S/c1-12(2,3)21-11(16)14(22(13,19)20)8-9-4-6-10(7-5-9)15(17)18/h4-7H,8H2,1-3H3,(H2,13,19,20). The number of nitro benzene ring substituents is 1. The molecule has 0 saturated carbocycles. The summed E-state index contributed by atoms with van der Waals surface area (Å²) < 4.78 is 28.4. The molecule has 1 amide bonds. The summed E-state index contributed by atoms with van der Waals surface area (Å²) >= 11 is 0. The third-order valence-corrected chi connectivity index (χ3v) is 3.27. The third kappa shape index (κ3) is 5.30. The van der Waals surface area contributed by atoms with E-state index in [1.165, 1.54) is 24.3 Å². The van der Waals surface area contributed by atoms with E-state index >= 15 is 0 Å². The van der Waals surface area contributed by atoms with Crippen LogP contribution in [-0.4, -0.2) is 29.3 Å². The van der Waals surface area contributed by atoms with E-state index in [2.05, 4.69) is 0 Å². The number of amides is 1. The fraction of sp³-hybridized carbons (Fsp3) is 0.417. The van der Waals surface area contributed by atoms with Gasteiger partial charge < -0.3 is 4.74 Å². The molecule has 22 heavy (non-hydrogen) atoms. The van der Waals surface area contributed by atoms with Crippen LogP contribution in [0.5, 0.6) is 0 Å². The van der Waals surface area contributed by atoms with Crippen LogP contribution < -0.4 is 5.14 Å². The predicted molar refractivity (Wildman–Crippen MR) is 78.0 cm³/mol. The monoisotopic (exact) mass is 331 g/mol. The van der Waals surface area contributed by atoms with E-state index in [1.807, 2.05) is 0 Å². The number of hydrogen-bond acceptors (Lipinski definition) is 6. The molecular formula is C12H17N3O6S. The summed E-state index contributed by atoms with van der Waals surface area (Å²) in [4.78, 5) is 21.9. The van der Waals surface area contributed by atoms with Gasteiger partial charge in [0.25, 0.3) is 5.69 Å². The molecule has 0 bridgehead atoms. The zero-order valence-corrected chi connectivity index (χ0v) is 13.2. The maximum absolute atomic E-state index is 11.9. The number of non-ortho nitro benzene ring substituents is 1. The van der Waals surface area contributed by atoms with E-state index in [9.17, 15) is 23.3 Å². The van der Waals surface area contributed by atoms with Crippen molar-refractivity contribution in [1.29, 1.82) is 0 Å². The van der Waals surface area contributed by atoms with Crippen molar-refractivity contribution in [3.05, 3.63) is 39.9 Å². The van der Waals surface area contributed by atoms with E-state index in [-0.39, 0.29) is 12.2 Å². The second-order valence-electron chi connectivity index (χ2n) is 5.46. The van der Waals surface area contributed by atoms with Crippen molar-refractivity contribution < 1.29 is 22.9 Å². The Morgan fingerprint density at radius 3 is 2.18 bits per heavy atom. The fourth-order valence-corrected chi connectivity index (χ4v) is 2.03. The highest BCUT2D eigenvalue weighted by Gasteiger charge is 2.29. The Balaban J connectivity index is 3.00. The van der Waals surface area contributed by atoms with Gasteiger partial charge in [-0.3, -0.25) is 10.1 Å². The second kappa shape index (κ2) is 6.28. The first-order valence-corrected chi connectivity index (χ1v) is 7.67. The van der Waals surface area contributed by atoms with Crippen LogP contribution in [0.15, 0.2) is 24.3 Å². The van der Waals surface area contributed by atoms with Crippen molar-refractivity contribution in [3.8, 4) is 0 Å². The second-order valence-corrected chi connectivity index (χ2v) is 6.93. The van der Waals surface area contributed by atoms with Gasteiger partial charge in [-0.2, -0.15) is 12.7 Å². The van der Waals surface area contributed by atoms with Gasteiger partial charge in [-0.1, -0.05) is 12.1 Å². The highest BCUT2D eigenvalue weighted by Crippen LogP contribution is 2.17. The lowest BCUT2D eigenvalue weighted by molar-refractivity contribution is -0.384. The Morgan fingerprint density at radius 1 is 1.32 bits per heavy atom. The number of nitrogens with zero attached hydrogens (tertiary/aromatic N) is 2. The molecule has 2 N–H and O–H groups in total. The zero-order valence-electron chi connectivity index (χ0n) is 12.3. The number of nitrogens with two attached hydrogens (primary N) is 1. The average Bonchev–Trinajstić information content (AvgIpc) is 2.32. The Bertz CT molecular complexity index is 663. The maximum atomic E-state index is 11.9. The molecule has 0 fully saturated rings. The lowest BCUT2D eigenvalue weighted by atomic mass is 10.2. The van der Waals surface area contributed by atoms with Gasteiger partial charge in [-0.05, 0) is 26.3 Å². The number of ether oxygens (including phenoxy) is 1. The average molecular weight is 331 g/mol. The van der Waals surface area contributed by atoms with Crippen LogP contribution in [0.25, 0.3) is 0 Å². The highest BCUT2D eigenvalue weighted by atomic mass is 32.2. The SMILES string of the molecule is CC(C)(C)OC(=O)N(Cc1ccc([N+](=O)[O-])cc1)S(N)(=O)=O. The van der Waals surface area contributed by atoms with E-state index in [0.29, 0.717) is 9.87 Å². The zero-order chi connectivity index (χ0) is 17.1. The molecule has 0 aliphatic heterocycles. The van der Waals surface area contributed by atoms with Crippen LogP contribution in [0.3, 0.4) is 0 Å². The highest BCUT2D eigenvalue weighted by molar-refractivity contribution is 7.87. The summed E-state index contributed by atoms with van der Waals surface area (Å²) in [5, 5.41) is 15.6. The van der Waals surface area contributed by atoms with Gasteiger partial charge in [-0.25, -0.2) is 9.93 Å². The van der Waals surface area contributed by atoms with Crippen molar-refractivity contribution in [1.82, 2.24) is 4.31 Å². The summed E-state index contributed by atoms with van der Waals surface area (Å²) in [6.07, 6.45) is -1.12. The number of nitro groups is 1. The van der Waals surface area contributed by atoms with Gasteiger partial charge in [0.2, 0.25) is 0 Å². The Hall–Kier alpha value is -2.20. The van der Waals surface area contributed by atoms with Gasteiger partial charge in [0, 0.05) is 12.1 Å². The van der Waals surface area contributed by atoms with Crippen LogP contribution >= 0.6 is 0 Å². The molecule has 0 atom stereocenters. The first-order valence-electron chi connectivity index (χ1n) is 6.17. The van der Waals surface area contributed by atoms with Crippen molar-refractivity contribution in [2.24, 2.45) is 5.14 Å². The van der Waals surface area contributed by atoms with Crippen LogP contribution in [0.1, 0.15) is 26.3 Å². The minimum Gasteiger partial charge on any atom is -0.443 e. The molecule has 1 aromatic carbocycles. The summed E-state index contributed by atoms with van der Waals surface area (Å²) in [6.45, 7) is 4.36. The van der Waals surface area contributed by atoms with Crippen molar-refractivity contribution in [3.63, 3.8) is 0 Å². The number of hydrogen-bond donors (Lipinski definition) is 1. The topological polar surface area (TPSA) is 133 Å². The molecular weight excluding hydrogens is 314 g/mol. The molecule has 1 aromatic rings. The van der Waals surface area contributed by atoms with Gasteiger partial charge in [0.05, 0.1) is 11.5 Å². The molecule has 0 unspecified atom stereocenters. The van der Waals surface area contributed by atoms with Crippen LogP contribution in [0.2, 0.25) is 0 Å². The van der Waals surface area contributed by atoms with E-state index in [0.717, 1.165) is 0 Å². The smallest absolute Gasteiger partial charge is 0.425 e. The lowest BCUT2D eigenvalue weighted by Crippen LogP contribution is -2.43. The molecule has 9 nitrogen and oxygen atoms in total. The molecule has 0 heterocycles. The third-order valence-electron chi connectivity index (χ3n) is 2.38. The molecule has 0 aromatic heterocycles. The Kier molecular flexibility index (Phi) is 5.09. The van der Waals surface area contributed by atoms with Crippen LogP contribution in [-0.2, 0) is 21.5 Å². The predicted octanol–water partition coefficient (Wildman–Crippen LogP) is 1.54. The first-order chi connectivity index (χ1) is 9.90. The minimum atomic E-state index is -4.34. The maximum Gasteiger partial charge on any atom is 0.425 e. The van der Waals surface area contributed by atoms with Gasteiger partial charge >= 0.3 is 16.3 Å². The minimum absolute atomic E-state index is 0.150.